The van der Waals surface area contributed by atoms with Gasteiger partial charge in [-0.2, -0.15) is 0 Å². The number of benzene rings is 1. The summed E-state index contributed by atoms with van der Waals surface area (Å²) in [6.45, 7) is 0.648. The molecule has 0 unspecified atom stereocenters. The molecule has 0 saturated heterocycles. The van der Waals surface area contributed by atoms with Crippen molar-refractivity contribution >= 4 is 44.8 Å². The van der Waals surface area contributed by atoms with E-state index >= 15 is 0 Å². The molecule has 6 nitrogen and oxygen atoms in total. The average Bonchev–Trinajstić information content (AvgIpc) is 2.62. The molecule has 27 heavy (non-hydrogen) atoms. The summed E-state index contributed by atoms with van der Waals surface area (Å²) < 4.78 is 31.0. The van der Waals surface area contributed by atoms with Gasteiger partial charge in [0.05, 0.1) is 28.1 Å². The van der Waals surface area contributed by atoms with Gasteiger partial charge in [0.15, 0.2) is 0 Å². The number of amides is 1. The van der Waals surface area contributed by atoms with Crippen molar-refractivity contribution in [1.82, 2.24) is 5.32 Å². The van der Waals surface area contributed by atoms with Crippen LogP contribution in [-0.4, -0.2) is 46.4 Å². The standard InChI is InChI=1S/C18H26Cl2N2O4S/c1-27(24,25)22(16-10-5-9-15(19)18(16)20)13-17(23)21-11-6-12-26-14-7-3-2-4-8-14/h5,9-10,14H,2-4,6-8,11-13H2,1H3,(H,21,23). The molecule has 1 amide bonds. The molecule has 0 atom stereocenters. The fourth-order valence-corrected chi connectivity index (χ4v) is 4.34. The maximum Gasteiger partial charge on any atom is 0.240 e. The van der Waals surface area contributed by atoms with Gasteiger partial charge in [-0.25, -0.2) is 8.42 Å². The third-order valence-electron chi connectivity index (χ3n) is 4.44. The van der Waals surface area contributed by atoms with Crippen LogP contribution in [0.25, 0.3) is 0 Å². The molecule has 1 aromatic rings. The van der Waals surface area contributed by atoms with Crippen LogP contribution in [0.3, 0.4) is 0 Å². The number of nitrogens with one attached hydrogen (secondary N) is 1. The Labute approximate surface area is 171 Å². The van der Waals surface area contributed by atoms with E-state index in [1.54, 1.807) is 12.1 Å². The fraction of sp³-hybridized carbons (Fsp3) is 0.611. The summed E-state index contributed by atoms with van der Waals surface area (Å²) in [7, 11) is -3.70. The molecule has 152 valence electrons. The van der Waals surface area contributed by atoms with Crippen LogP contribution >= 0.6 is 23.2 Å². The number of carbonyl (C=O) groups excluding carboxylic acids is 1. The summed E-state index contributed by atoms with van der Waals surface area (Å²) >= 11 is 12.1. The number of ether oxygens (including phenoxy) is 1. The predicted molar refractivity (Wildman–Crippen MR) is 109 cm³/mol. The van der Waals surface area contributed by atoms with Gasteiger partial charge in [0.2, 0.25) is 15.9 Å². The van der Waals surface area contributed by atoms with Crippen molar-refractivity contribution in [2.45, 2.75) is 44.6 Å². The topological polar surface area (TPSA) is 75.7 Å². The molecule has 1 N–H and O–H groups in total. The van der Waals surface area contributed by atoms with Gasteiger partial charge in [-0.3, -0.25) is 9.10 Å². The van der Waals surface area contributed by atoms with Gasteiger partial charge in [0.25, 0.3) is 0 Å². The number of anilines is 1. The quantitative estimate of drug-likeness (QED) is 0.599. The lowest BCUT2D eigenvalue weighted by Gasteiger charge is -2.23. The van der Waals surface area contributed by atoms with E-state index < -0.39 is 15.9 Å². The highest BCUT2D eigenvalue weighted by Gasteiger charge is 2.23. The Morgan fingerprint density at radius 1 is 1.26 bits per heavy atom. The zero-order valence-electron chi connectivity index (χ0n) is 15.4. The molecule has 0 spiro atoms. The average molecular weight is 437 g/mol. The van der Waals surface area contributed by atoms with Gasteiger partial charge in [0.1, 0.15) is 6.54 Å². The van der Waals surface area contributed by atoms with Gasteiger partial charge in [-0.05, 0) is 31.4 Å². The monoisotopic (exact) mass is 436 g/mol. The van der Waals surface area contributed by atoms with Crippen LogP contribution in [0.4, 0.5) is 5.69 Å². The number of hydrogen-bond donors (Lipinski definition) is 1. The second kappa shape index (κ2) is 10.5. The summed E-state index contributed by atoms with van der Waals surface area (Å²) in [4.78, 5) is 12.2. The van der Waals surface area contributed by atoms with Crippen molar-refractivity contribution < 1.29 is 17.9 Å². The lowest BCUT2D eigenvalue weighted by molar-refractivity contribution is -0.119. The van der Waals surface area contributed by atoms with E-state index in [9.17, 15) is 13.2 Å². The number of rotatable bonds is 9. The molecule has 9 heteroatoms. The van der Waals surface area contributed by atoms with Crippen LogP contribution in [-0.2, 0) is 19.6 Å². The molecular formula is C18H26Cl2N2O4S. The summed E-state index contributed by atoms with van der Waals surface area (Å²) in [5.74, 6) is -0.408. The number of carbonyl (C=O) groups is 1. The Morgan fingerprint density at radius 3 is 2.63 bits per heavy atom. The molecule has 0 bridgehead atoms. The van der Waals surface area contributed by atoms with Crippen LogP contribution < -0.4 is 9.62 Å². The highest BCUT2D eigenvalue weighted by atomic mass is 35.5. The Balaban J connectivity index is 1.83. The van der Waals surface area contributed by atoms with Gasteiger partial charge in [-0.1, -0.05) is 48.5 Å². The Kier molecular flexibility index (Phi) is 8.66. The molecule has 1 saturated carbocycles. The van der Waals surface area contributed by atoms with Crippen LogP contribution in [0.1, 0.15) is 38.5 Å². The zero-order chi connectivity index (χ0) is 19.9. The third-order valence-corrected chi connectivity index (χ3v) is 6.37. The van der Waals surface area contributed by atoms with Crippen molar-refractivity contribution in [1.29, 1.82) is 0 Å². The van der Waals surface area contributed by atoms with Crippen molar-refractivity contribution in [3.8, 4) is 0 Å². The van der Waals surface area contributed by atoms with Crippen LogP contribution in [0.5, 0.6) is 0 Å². The summed E-state index contributed by atoms with van der Waals surface area (Å²) in [5, 5.41) is 3.05. The van der Waals surface area contributed by atoms with Gasteiger partial charge >= 0.3 is 0 Å². The first-order valence-electron chi connectivity index (χ1n) is 9.09. The van der Waals surface area contributed by atoms with Crippen LogP contribution in [0, 0.1) is 0 Å². The molecule has 0 radical (unpaired) electrons. The summed E-state index contributed by atoms with van der Waals surface area (Å²) in [5.41, 5.74) is 0.183. The molecular weight excluding hydrogens is 411 g/mol. The van der Waals surface area contributed by atoms with Gasteiger partial charge in [0, 0.05) is 13.2 Å². The van der Waals surface area contributed by atoms with Crippen molar-refractivity contribution in [2.75, 3.05) is 30.3 Å². The van der Waals surface area contributed by atoms with E-state index in [-0.39, 0.29) is 22.3 Å². The fourth-order valence-electron chi connectivity index (χ4n) is 3.03. The molecule has 1 aliphatic carbocycles. The maximum absolute atomic E-state index is 12.2. The predicted octanol–water partition coefficient (Wildman–Crippen LogP) is 3.62. The number of halogens is 2. The van der Waals surface area contributed by atoms with Gasteiger partial charge in [-0.15, -0.1) is 0 Å². The van der Waals surface area contributed by atoms with Gasteiger partial charge < -0.3 is 10.1 Å². The van der Waals surface area contributed by atoms with Crippen molar-refractivity contribution in [3.05, 3.63) is 28.2 Å². The van der Waals surface area contributed by atoms with E-state index in [0.29, 0.717) is 25.7 Å². The Morgan fingerprint density at radius 2 is 1.96 bits per heavy atom. The number of nitrogens with zero attached hydrogens (tertiary/aromatic N) is 1. The summed E-state index contributed by atoms with van der Waals surface area (Å²) in [6, 6.07) is 4.66. The molecule has 1 aromatic carbocycles. The minimum Gasteiger partial charge on any atom is -0.378 e. The molecule has 0 aliphatic heterocycles. The van der Waals surface area contributed by atoms with E-state index in [2.05, 4.69) is 5.32 Å². The number of hydrogen-bond acceptors (Lipinski definition) is 4. The largest absolute Gasteiger partial charge is 0.378 e. The van der Waals surface area contributed by atoms with E-state index in [4.69, 9.17) is 27.9 Å². The van der Waals surface area contributed by atoms with Crippen LogP contribution in [0.15, 0.2) is 18.2 Å². The highest BCUT2D eigenvalue weighted by Crippen LogP contribution is 2.33. The summed E-state index contributed by atoms with van der Waals surface area (Å²) in [6.07, 6.45) is 7.97. The molecule has 2 rings (SSSR count). The zero-order valence-corrected chi connectivity index (χ0v) is 17.7. The molecule has 0 heterocycles. The van der Waals surface area contributed by atoms with Crippen molar-refractivity contribution in [2.24, 2.45) is 0 Å². The SMILES string of the molecule is CS(=O)(=O)N(CC(=O)NCCCOC1CCCCC1)c1cccc(Cl)c1Cl. The van der Waals surface area contributed by atoms with E-state index in [0.717, 1.165) is 23.4 Å². The smallest absolute Gasteiger partial charge is 0.240 e. The second-order valence-electron chi connectivity index (χ2n) is 6.68. The minimum atomic E-state index is -3.70. The maximum atomic E-state index is 12.2. The Hall–Kier alpha value is -1.02. The third kappa shape index (κ3) is 7.14. The van der Waals surface area contributed by atoms with E-state index in [1.807, 2.05) is 0 Å². The first-order valence-corrected chi connectivity index (χ1v) is 11.7. The molecule has 1 fully saturated rings. The van der Waals surface area contributed by atoms with Crippen molar-refractivity contribution in [3.63, 3.8) is 0 Å². The molecule has 0 aromatic heterocycles. The van der Waals surface area contributed by atoms with E-state index in [1.165, 1.54) is 25.3 Å². The second-order valence-corrected chi connectivity index (χ2v) is 9.37. The first kappa shape index (κ1) is 22.3. The molecule has 1 aliphatic rings. The normalized spacial score (nSPS) is 15.5. The lowest BCUT2D eigenvalue weighted by atomic mass is 9.98. The highest BCUT2D eigenvalue weighted by molar-refractivity contribution is 7.92. The Bertz CT molecular complexity index is 737. The number of sulfonamides is 1. The lowest BCUT2D eigenvalue weighted by Crippen LogP contribution is -2.41. The van der Waals surface area contributed by atoms with Crippen LogP contribution in [0.2, 0.25) is 10.0 Å². The first-order chi connectivity index (χ1) is 12.8. The minimum absolute atomic E-state index is 0.0956.